The molecule has 0 atom stereocenters. The van der Waals surface area contributed by atoms with Crippen molar-refractivity contribution in [2.45, 2.75) is 0 Å². The smallest absolute Gasteiger partial charge is 0.154 e. The van der Waals surface area contributed by atoms with Crippen molar-refractivity contribution in [3.05, 3.63) is 17.8 Å². The molecule has 0 fully saturated rings. The Labute approximate surface area is 42.5 Å². The van der Waals surface area contributed by atoms with Gasteiger partial charge in [0.15, 0.2) is 6.72 Å². The lowest BCUT2D eigenvalue weighted by molar-refractivity contribution is -0.610. The first-order valence-corrected chi connectivity index (χ1v) is 2.01. The van der Waals surface area contributed by atoms with Crippen LogP contribution in [0.5, 0.6) is 0 Å². The van der Waals surface area contributed by atoms with Gasteiger partial charge in [-0.25, -0.2) is 0 Å². The predicted octanol–water partition coefficient (Wildman–Crippen LogP) is 0.320. The molecule has 1 aliphatic rings. The second-order valence-corrected chi connectivity index (χ2v) is 1.36. The molecule has 0 radical (unpaired) electrons. The fourth-order valence-corrected chi connectivity index (χ4v) is 0.362. The van der Waals surface area contributed by atoms with E-state index in [1.165, 1.54) is 4.79 Å². The number of hydrogen-bond acceptors (Lipinski definition) is 1. The highest BCUT2D eigenvalue weighted by Crippen LogP contribution is 2.02. The molecular formula is C4H7N3. The lowest BCUT2D eigenvalue weighted by Crippen LogP contribution is -2.15. The van der Waals surface area contributed by atoms with Gasteiger partial charge >= 0.3 is 0 Å². The summed E-state index contributed by atoms with van der Waals surface area (Å²) in [5.41, 5.74) is 3.78. The Hall–Kier alpha value is -0.990. The lowest BCUT2D eigenvalue weighted by atomic mass is 10.9. The van der Waals surface area contributed by atoms with Crippen molar-refractivity contribution in [1.82, 2.24) is 5.01 Å². The Morgan fingerprint density at radius 1 is 1.86 bits per heavy atom. The Balaban J connectivity index is 2.62. The largest absolute Gasteiger partial charge is 0.258 e. The lowest BCUT2D eigenvalue weighted by Gasteiger charge is -2.08. The molecule has 3 heteroatoms. The van der Waals surface area contributed by atoms with Crippen LogP contribution in [0.25, 0.3) is 5.43 Å². The monoisotopic (exact) mass is 97.1 g/mol. The molecule has 0 unspecified atom stereocenters. The third-order valence-electron chi connectivity index (χ3n) is 0.847. The molecule has 0 saturated heterocycles. The highest BCUT2D eigenvalue weighted by atomic mass is 15.7. The molecule has 1 aliphatic heterocycles. The summed E-state index contributed by atoms with van der Waals surface area (Å²) in [6.07, 6.45) is 3.51. The van der Waals surface area contributed by atoms with Gasteiger partial charge in [-0.15, -0.1) is 4.79 Å². The van der Waals surface area contributed by atoms with E-state index in [4.69, 9.17) is 0 Å². The Kier molecular flexibility index (Phi) is 0.749. The standard InChI is InChI=1S/C4H7N3/c1-6-4-3-5-7(6)2/h3-4H,2H2,1H3. The molecule has 1 heterocycles. The zero-order valence-electron chi connectivity index (χ0n) is 4.20. The van der Waals surface area contributed by atoms with Gasteiger partial charge in [-0.05, 0) is 19.4 Å². The van der Waals surface area contributed by atoms with E-state index in [0.29, 0.717) is 0 Å². The first-order valence-electron chi connectivity index (χ1n) is 2.01. The van der Waals surface area contributed by atoms with Crippen LogP contribution >= 0.6 is 0 Å². The summed E-state index contributed by atoms with van der Waals surface area (Å²) in [4.78, 5) is 1.50. The van der Waals surface area contributed by atoms with Crippen LogP contribution in [0.2, 0.25) is 0 Å². The molecule has 1 rings (SSSR count). The van der Waals surface area contributed by atoms with Crippen LogP contribution in [-0.4, -0.2) is 23.6 Å². The van der Waals surface area contributed by atoms with Gasteiger partial charge in [-0.2, -0.15) is 5.43 Å². The van der Waals surface area contributed by atoms with Crippen LogP contribution < -0.4 is 0 Å². The van der Waals surface area contributed by atoms with E-state index in [9.17, 15) is 0 Å². The van der Waals surface area contributed by atoms with Crippen LogP contribution in [0, 0.1) is 0 Å². The molecule has 0 aromatic carbocycles. The van der Waals surface area contributed by atoms with E-state index in [1.807, 2.05) is 13.2 Å². The van der Waals surface area contributed by atoms with E-state index < -0.39 is 0 Å². The van der Waals surface area contributed by atoms with Crippen molar-refractivity contribution in [1.29, 1.82) is 0 Å². The molecule has 0 aromatic heterocycles. The molecular weight excluding hydrogens is 90.1 g/mol. The van der Waals surface area contributed by atoms with E-state index in [-0.39, 0.29) is 0 Å². The van der Waals surface area contributed by atoms with Gasteiger partial charge in [-0.3, -0.25) is 5.01 Å². The first-order chi connectivity index (χ1) is 3.30. The summed E-state index contributed by atoms with van der Waals surface area (Å²) in [6, 6.07) is 0. The number of hydrazone groups is 1. The van der Waals surface area contributed by atoms with Gasteiger partial charge in [0, 0.05) is 0 Å². The maximum atomic E-state index is 3.78. The Morgan fingerprint density at radius 2 is 2.57 bits per heavy atom. The minimum atomic E-state index is 1.50. The number of hydrogen-bond donors (Lipinski definition) is 0. The van der Waals surface area contributed by atoms with Crippen LogP contribution in [0.15, 0.2) is 12.4 Å². The number of nitrogens with zero attached hydrogens (tertiary/aromatic N) is 3. The highest BCUT2D eigenvalue weighted by Gasteiger charge is 1.96. The van der Waals surface area contributed by atoms with Crippen molar-refractivity contribution in [3.8, 4) is 0 Å². The van der Waals surface area contributed by atoms with Crippen molar-refractivity contribution >= 4 is 6.72 Å². The summed E-state index contributed by atoms with van der Waals surface area (Å²) in [6.45, 7) is 3.55. The van der Waals surface area contributed by atoms with E-state index in [2.05, 4.69) is 12.1 Å². The second kappa shape index (κ2) is 1.26. The van der Waals surface area contributed by atoms with E-state index >= 15 is 0 Å². The SMILES string of the molecule is C=[N+]1[N-]C=CN1C. The molecule has 0 N–H and O–H groups in total. The first kappa shape index (κ1) is 4.18. The van der Waals surface area contributed by atoms with Gasteiger partial charge in [0.05, 0.1) is 0 Å². The Bertz CT molecular complexity index is 116. The van der Waals surface area contributed by atoms with E-state index in [1.54, 1.807) is 11.2 Å². The molecule has 0 aromatic rings. The van der Waals surface area contributed by atoms with Gasteiger partial charge in [0.2, 0.25) is 0 Å². The van der Waals surface area contributed by atoms with Crippen molar-refractivity contribution < 1.29 is 4.79 Å². The molecule has 0 spiro atoms. The second-order valence-electron chi connectivity index (χ2n) is 1.36. The maximum Gasteiger partial charge on any atom is 0.154 e. The highest BCUT2D eigenvalue weighted by molar-refractivity contribution is 5.17. The van der Waals surface area contributed by atoms with E-state index in [0.717, 1.165) is 0 Å². The molecule has 0 saturated carbocycles. The zero-order valence-corrected chi connectivity index (χ0v) is 4.20. The fourth-order valence-electron chi connectivity index (χ4n) is 0.362. The average molecular weight is 97.1 g/mol. The quantitative estimate of drug-likeness (QED) is 0.399. The molecule has 0 amide bonds. The van der Waals surface area contributed by atoms with Gasteiger partial charge in [0.1, 0.15) is 0 Å². The summed E-state index contributed by atoms with van der Waals surface area (Å²) >= 11 is 0. The summed E-state index contributed by atoms with van der Waals surface area (Å²) in [7, 11) is 1.88. The number of rotatable bonds is 0. The predicted molar refractivity (Wildman–Crippen MR) is 27.6 cm³/mol. The molecule has 0 bridgehead atoms. The summed E-state index contributed by atoms with van der Waals surface area (Å²) < 4.78 is 0. The maximum absolute atomic E-state index is 3.78. The van der Waals surface area contributed by atoms with Gasteiger partial charge in [-0.1, -0.05) is 0 Å². The zero-order chi connectivity index (χ0) is 5.28. The van der Waals surface area contributed by atoms with Crippen LogP contribution in [-0.2, 0) is 0 Å². The minimum Gasteiger partial charge on any atom is -0.258 e. The van der Waals surface area contributed by atoms with Gasteiger partial charge in [0.25, 0.3) is 0 Å². The molecule has 0 aliphatic carbocycles. The number of hydrazine groups is 1. The minimum absolute atomic E-state index is 1.50. The van der Waals surface area contributed by atoms with Crippen LogP contribution in [0.4, 0.5) is 0 Å². The third-order valence-corrected chi connectivity index (χ3v) is 0.847. The molecule has 7 heavy (non-hydrogen) atoms. The summed E-state index contributed by atoms with van der Waals surface area (Å²) in [5.74, 6) is 0. The third kappa shape index (κ3) is 0.559. The van der Waals surface area contributed by atoms with Crippen LogP contribution in [0.1, 0.15) is 0 Å². The topological polar surface area (TPSA) is 20.4 Å². The summed E-state index contributed by atoms with van der Waals surface area (Å²) in [5, 5.41) is 1.78. The van der Waals surface area contributed by atoms with Crippen molar-refractivity contribution in [2.24, 2.45) is 0 Å². The molecule has 3 nitrogen and oxygen atoms in total. The normalized spacial score (nSPS) is 17.9. The molecule has 38 valence electrons. The van der Waals surface area contributed by atoms with Crippen LogP contribution in [0.3, 0.4) is 0 Å². The Morgan fingerprint density at radius 3 is 2.71 bits per heavy atom. The van der Waals surface area contributed by atoms with Crippen molar-refractivity contribution in [2.75, 3.05) is 7.05 Å². The van der Waals surface area contributed by atoms with Gasteiger partial charge < -0.3 is 0 Å². The average Bonchev–Trinajstić information content (AvgIpc) is 1.91. The fraction of sp³-hybridized carbons (Fsp3) is 0.250. The van der Waals surface area contributed by atoms with Crippen molar-refractivity contribution in [3.63, 3.8) is 0 Å².